The summed E-state index contributed by atoms with van der Waals surface area (Å²) in [4.78, 5) is 2.25. The summed E-state index contributed by atoms with van der Waals surface area (Å²) in [6, 6.07) is 4.15. The van der Waals surface area contributed by atoms with Crippen LogP contribution in [0.3, 0.4) is 0 Å². The normalized spacial score (nSPS) is 21.9. The highest BCUT2D eigenvalue weighted by Crippen LogP contribution is 2.08. The average molecular weight is 286 g/mol. The lowest BCUT2D eigenvalue weighted by molar-refractivity contribution is 0.218. The topological polar surface area (TPSA) is 62.6 Å². The van der Waals surface area contributed by atoms with Gasteiger partial charge in [0.1, 0.15) is 5.76 Å². The molecule has 1 fully saturated rings. The number of hydrogen-bond acceptors (Lipinski definition) is 5. The minimum atomic E-state index is -2.82. The van der Waals surface area contributed by atoms with E-state index in [0.29, 0.717) is 24.9 Å². The molecule has 0 aromatic carbocycles. The lowest BCUT2D eigenvalue weighted by Gasteiger charge is -2.27. The van der Waals surface area contributed by atoms with Crippen LogP contribution in [0.5, 0.6) is 0 Å². The second-order valence-electron chi connectivity index (χ2n) is 5.10. The van der Waals surface area contributed by atoms with Crippen molar-refractivity contribution >= 4 is 9.84 Å². The van der Waals surface area contributed by atoms with E-state index in [1.54, 1.807) is 6.26 Å². The van der Waals surface area contributed by atoms with E-state index in [9.17, 15) is 8.42 Å². The molecule has 6 heteroatoms. The van der Waals surface area contributed by atoms with E-state index < -0.39 is 9.84 Å². The molecule has 0 amide bonds. The van der Waals surface area contributed by atoms with E-state index in [1.807, 2.05) is 12.1 Å². The molecule has 0 aliphatic carbocycles. The Labute approximate surface area is 114 Å². The highest BCUT2D eigenvalue weighted by Gasteiger charge is 2.22. The molecule has 19 heavy (non-hydrogen) atoms. The molecule has 0 radical (unpaired) electrons. The molecule has 1 aliphatic heterocycles. The molecule has 1 unspecified atom stereocenters. The molecule has 5 nitrogen and oxygen atoms in total. The zero-order valence-electron chi connectivity index (χ0n) is 11.3. The van der Waals surface area contributed by atoms with E-state index in [0.717, 1.165) is 25.3 Å². The highest BCUT2D eigenvalue weighted by atomic mass is 32.2. The highest BCUT2D eigenvalue weighted by molar-refractivity contribution is 7.91. The van der Waals surface area contributed by atoms with Crippen LogP contribution in [0.2, 0.25) is 0 Å². The van der Waals surface area contributed by atoms with Crippen LogP contribution in [-0.4, -0.2) is 50.5 Å². The summed E-state index contributed by atoms with van der Waals surface area (Å²) in [5.74, 6) is 1.54. The van der Waals surface area contributed by atoms with Crippen molar-refractivity contribution in [3.63, 3.8) is 0 Å². The molecular weight excluding hydrogens is 264 g/mol. The SMILES string of the molecule is CC(CNCc1ccco1)N1CCCS(=O)(=O)CC1. The minimum absolute atomic E-state index is 0.287. The standard InChI is InChI=1S/C13H22N2O3S/c1-12(10-14-11-13-4-2-7-18-13)15-5-3-8-19(16,17)9-6-15/h2,4,7,12,14H,3,5-6,8-11H2,1H3. The maximum absolute atomic E-state index is 11.6. The zero-order valence-corrected chi connectivity index (χ0v) is 12.2. The Morgan fingerprint density at radius 1 is 1.42 bits per heavy atom. The van der Waals surface area contributed by atoms with E-state index in [2.05, 4.69) is 17.1 Å². The Morgan fingerprint density at radius 3 is 3.00 bits per heavy atom. The quantitative estimate of drug-likeness (QED) is 0.870. The fraction of sp³-hybridized carbons (Fsp3) is 0.692. The lowest BCUT2D eigenvalue weighted by Crippen LogP contribution is -2.41. The first-order valence-electron chi connectivity index (χ1n) is 6.74. The number of sulfone groups is 1. The maximum Gasteiger partial charge on any atom is 0.151 e. The molecule has 1 saturated heterocycles. The number of hydrogen-bond donors (Lipinski definition) is 1. The third-order valence-corrected chi connectivity index (χ3v) is 5.25. The number of nitrogens with zero attached hydrogens (tertiary/aromatic N) is 1. The number of nitrogens with one attached hydrogen (secondary N) is 1. The molecule has 1 N–H and O–H groups in total. The van der Waals surface area contributed by atoms with Crippen molar-refractivity contribution in [3.05, 3.63) is 24.2 Å². The summed E-state index contributed by atoms with van der Waals surface area (Å²) in [5.41, 5.74) is 0. The third-order valence-electron chi connectivity index (χ3n) is 3.53. The molecule has 0 spiro atoms. The predicted molar refractivity (Wildman–Crippen MR) is 74.7 cm³/mol. The molecule has 1 atom stereocenters. The van der Waals surface area contributed by atoms with E-state index in [1.165, 1.54) is 0 Å². The second-order valence-corrected chi connectivity index (χ2v) is 7.40. The second kappa shape index (κ2) is 6.54. The van der Waals surface area contributed by atoms with Gasteiger partial charge < -0.3 is 9.73 Å². The molecule has 1 aromatic heterocycles. The van der Waals surface area contributed by atoms with Crippen molar-refractivity contribution in [2.75, 3.05) is 31.1 Å². The smallest absolute Gasteiger partial charge is 0.151 e. The van der Waals surface area contributed by atoms with Crippen molar-refractivity contribution in [1.29, 1.82) is 0 Å². The Balaban J connectivity index is 1.75. The maximum atomic E-state index is 11.6. The van der Waals surface area contributed by atoms with Gasteiger partial charge in [-0.1, -0.05) is 0 Å². The predicted octanol–water partition coefficient (Wildman–Crippen LogP) is 0.878. The molecule has 1 aromatic rings. The molecule has 2 rings (SSSR count). The van der Waals surface area contributed by atoms with Gasteiger partial charge in [0, 0.05) is 19.1 Å². The molecular formula is C13H22N2O3S. The van der Waals surface area contributed by atoms with Gasteiger partial charge >= 0.3 is 0 Å². The number of furan rings is 1. The van der Waals surface area contributed by atoms with Crippen molar-refractivity contribution in [2.45, 2.75) is 25.9 Å². The summed E-state index contributed by atoms with van der Waals surface area (Å²) < 4.78 is 28.4. The van der Waals surface area contributed by atoms with Gasteiger partial charge in [-0.25, -0.2) is 8.42 Å². The minimum Gasteiger partial charge on any atom is -0.468 e. The Kier molecular flexibility index (Phi) is 5.01. The van der Waals surface area contributed by atoms with Crippen LogP contribution < -0.4 is 5.32 Å². The van der Waals surface area contributed by atoms with Crippen molar-refractivity contribution < 1.29 is 12.8 Å². The molecule has 108 valence electrons. The van der Waals surface area contributed by atoms with Gasteiger partial charge in [-0.3, -0.25) is 4.90 Å². The number of rotatable bonds is 5. The monoisotopic (exact) mass is 286 g/mol. The van der Waals surface area contributed by atoms with Crippen LogP contribution in [0.4, 0.5) is 0 Å². The summed E-state index contributed by atoms with van der Waals surface area (Å²) in [7, 11) is -2.82. The van der Waals surface area contributed by atoms with Crippen LogP contribution in [-0.2, 0) is 16.4 Å². The van der Waals surface area contributed by atoms with Crippen molar-refractivity contribution in [1.82, 2.24) is 10.2 Å². The largest absolute Gasteiger partial charge is 0.468 e. The summed E-state index contributed by atoms with van der Waals surface area (Å²) in [6.07, 6.45) is 2.41. The van der Waals surface area contributed by atoms with Gasteiger partial charge in [0.15, 0.2) is 9.84 Å². The summed E-state index contributed by atoms with van der Waals surface area (Å²) >= 11 is 0. The molecule has 0 saturated carbocycles. The van der Waals surface area contributed by atoms with Gasteiger partial charge in [0.2, 0.25) is 0 Å². The first-order chi connectivity index (χ1) is 9.07. The summed E-state index contributed by atoms with van der Waals surface area (Å²) in [5, 5.41) is 3.34. The Hall–Kier alpha value is -0.850. The average Bonchev–Trinajstić information content (AvgIpc) is 2.79. The van der Waals surface area contributed by atoms with Crippen LogP contribution in [0, 0.1) is 0 Å². The van der Waals surface area contributed by atoms with Gasteiger partial charge in [-0.15, -0.1) is 0 Å². The zero-order chi connectivity index (χ0) is 13.7. The van der Waals surface area contributed by atoms with Crippen LogP contribution in [0.15, 0.2) is 22.8 Å². The van der Waals surface area contributed by atoms with Gasteiger partial charge in [-0.05, 0) is 32.0 Å². The fourth-order valence-electron chi connectivity index (χ4n) is 2.35. The van der Waals surface area contributed by atoms with Crippen LogP contribution >= 0.6 is 0 Å². The van der Waals surface area contributed by atoms with Crippen LogP contribution in [0.25, 0.3) is 0 Å². The van der Waals surface area contributed by atoms with Crippen molar-refractivity contribution in [3.8, 4) is 0 Å². The molecule has 1 aliphatic rings. The molecule has 2 heterocycles. The van der Waals surface area contributed by atoms with Gasteiger partial charge in [-0.2, -0.15) is 0 Å². The summed E-state index contributed by atoms with van der Waals surface area (Å²) in [6.45, 7) is 5.19. The fourth-order valence-corrected chi connectivity index (χ4v) is 3.63. The van der Waals surface area contributed by atoms with E-state index in [-0.39, 0.29) is 5.75 Å². The van der Waals surface area contributed by atoms with E-state index >= 15 is 0 Å². The third kappa shape index (κ3) is 4.63. The van der Waals surface area contributed by atoms with Gasteiger partial charge in [0.25, 0.3) is 0 Å². The Morgan fingerprint density at radius 2 is 2.26 bits per heavy atom. The van der Waals surface area contributed by atoms with Crippen LogP contribution in [0.1, 0.15) is 19.1 Å². The first-order valence-corrected chi connectivity index (χ1v) is 8.56. The van der Waals surface area contributed by atoms with Crippen molar-refractivity contribution in [2.24, 2.45) is 0 Å². The van der Waals surface area contributed by atoms with Gasteiger partial charge in [0.05, 0.1) is 24.3 Å². The van der Waals surface area contributed by atoms with E-state index in [4.69, 9.17) is 4.42 Å². The first kappa shape index (κ1) is 14.6. The lowest BCUT2D eigenvalue weighted by atomic mass is 10.2. The molecule has 0 bridgehead atoms. The Bertz CT molecular complexity index is 470.